The standard InChI is InChI=1S/C4H9.Mg.H2/c1-4(2)3;;/h1-3H3;;1H. The first-order valence-corrected chi connectivity index (χ1v) is 1.50. The van der Waals surface area contributed by atoms with Crippen LogP contribution in [0.4, 0.5) is 0 Å². The molecule has 0 aromatic carbocycles. The van der Waals surface area contributed by atoms with Gasteiger partial charge >= 0.3 is 0 Å². The topological polar surface area (TPSA) is 0 Å². The quantitative estimate of drug-likeness (QED) is 0.389. The minimum Gasteiger partial charge on any atom is -0.0597 e. The van der Waals surface area contributed by atoms with E-state index in [1.165, 1.54) is 5.92 Å². The van der Waals surface area contributed by atoms with Gasteiger partial charge in [-0.15, -0.1) is 0 Å². The van der Waals surface area contributed by atoms with Gasteiger partial charge in [0.25, 0.3) is 0 Å². The third-order valence-electron chi connectivity index (χ3n) is 0. The van der Waals surface area contributed by atoms with Crippen molar-refractivity contribution in [1.82, 2.24) is 0 Å². The molecule has 0 aliphatic rings. The molecule has 0 amide bonds. The van der Waals surface area contributed by atoms with Crippen LogP contribution in [0.25, 0.3) is 0 Å². The van der Waals surface area contributed by atoms with Gasteiger partial charge in [-0.05, 0) is 5.92 Å². The van der Waals surface area contributed by atoms with Gasteiger partial charge in [0.15, 0.2) is 0 Å². The summed E-state index contributed by atoms with van der Waals surface area (Å²) < 4.78 is 0. The first-order valence-electron chi connectivity index (χ1n) is 1.50. The lowest BCUT2D eigenvalue weighted by molar-refractivity contribution is 1.10. The molecule has 0 heterocycles. The van der Waals surface area contributed by atoms with Crippen LogP contribution in [0.2, 0.25) is 0 Å². The molecule has 0 atom stereocenters. The van der Waals surface area contributed by atoms with E-state index in [0.717, 1.165) is 0 Å². The second-order valence-corrected chi connectivity index (χ2v) is 1.50. The Hall–Kier alpha value is 0.766. The number of hydrogen-bond acceptors (Lipinski definition) is 0. The second kappa shape index (κ2) is 4.77. The summed E-state index contributed by atoms with van der Waals surface area (Å²) in [5, 5.41) is 0. The van der Waals surface area contributed by atoms with Gasteiger partial charge < -0.3 is 0 Å². The van der Waals surface area contributed by atoms with E-state index in [1.807, 2.05) is 0 Å². The first kappa shape index (κ1) is 9.23. The van der Waals surface area contributed by atoms with Gasteiger partial charge in [0.2, 0.25) is 0 Å². The van der Waals surface area contributed by atoms with Crippen molar-refractivity contribution in [1.29, 1.82) is 0 Å². The average Bonchev–Trinajstić information content (AvgIpc) is 0.811. The van der Waals surface area contributed by atoms with Gasteiger partial charge in [0, 0.05) is 24.5 Å². The van der Waals surface area contributed by atoms with E-state index in [1.54, 1.807) is 0 Å². The Balaban J connectivity index is -0.0000000450. The van der Waals surface area contributed by atoms with Gasteiger partial charge in [-0.1, -0.05) is 20.8 Å². The van der Waals surface area contributed by atoms with Gasteiger partial charge in [-0.2, -0.15) is 0 Å². The summed E-state index contributed by atoms with van der Waals surface area (Å²) in [6.07, 6.45) is 0. The summed E-state index contributed by atoms with van der Waals surface area (Å²) >= 11 is 0. The lowest BCUT2D eigenvalue weighted by atomic mass is 10.3. The van der Waals surface area contributed by atoms with Crippen molar-refractivity contribution in [3.05, 3.63) is 5.92 Å². The molecule has 0 N–H and O–H groups in total. The molecule has 29 valence electrons. The molecule has 0 aromatic heterocycles. The number of hydrogen-bond donors (Lipinski definition) is 0. The van der Waals surface area contributed by atoms with Gasteiger partial charge in [0.1, 0.15) is 0 Å². The lowest BCUT2D eigenvalue weighted by Gasteiger charge is -1.78. The van der Waals surface area contributed by atoms with E-state index >= 15 is 0 Å². The summed E-state index contributed by atoms with van der Waals surface area (Å²) in [5.74, 6) is 1.42. The van der Waals surface area contributed by atoms with E-state index in [2.05, 4.69) is 20.8 Å². The van der Waals surface area contributed by atoms with Crippen LogP contribution < -0.4 is 0 Å². The summed E-state index contributed by atoms with van der Waals surface area (Å²) in [7, 11) is 0. The highest BCUT2D eigenvalue weighted by Gasteiger charge is 1.69. The minimum atomic E-state index is 0. The molecule has 1 heteroatoms. The van der Waals surface area contributed by atoms with Crippen LogP contribution in [0.1, 0.15) is 22.2 Å². The SMILES string of the molecule is C[C](C)C.[HH].[Mg]. The normalized spacial score (nSPS) is 7.20. The molecule has 0 rings (SSSR count). The molecule has 5 heavy (non-hydrogen) atoms. The van der Waals surface area contributed by atoms with Gasteiger partial charge in [-0.3, -0.25) is 0 Å². The Bertz CT molecular complexity index is 12.3. The van der Waals surface area contributed by atoms with Crippen LogP contribution in [-0.2, 0) is 0 Å². The molecule has 0 bridgehead atoms. The van der Waals surface area contributed by atoms with Crippen molar-refractivity contribution in [2.45, 2.75) is 20.8 Å². The zero-order valence-electron chi connectivity index (χ0n) is 4.21. The maximum Gasteiger partial charge on any atom is 0 e. The Labute approximate surface area is 51.6 Å². The summed E-state index contributed by atoms with van der Waals surface area (Å²) in [5.41, 5.74) is 0. The van der Waals surface area contributed by atoms with Crippen LogP contribution in [0.5, 0.6) is 0 Å². The van der Waals surface area contributed by atoms with E-state index in [9.17, 15) is 0 Å². The third-order valence-corrected chi connectivity index (χ3v) is 0. The lowest BCUT2D eigenvalue weighted by Crippen LogP contribution is -1.62. The maximum absolute atomic E-state index is 2.08. The number of rotatable bonds is 0. The first-order chi connectivity index (χ1) is 1.73. The molecule has 0 aliphatic carbocycles. The zero-order chi connectivity index (χ0) is 3.58. The van der Waals surface area contributed by atoms with E-state index < -0.39 is 0 Å². The highest BCUT2D eigenvalue weighted by molar-refractivity contribution is 5.75. The molecule has 0 saturated heterocycles. The predicted octanol–water partition coefficient (Wildman–Crippen LogP) is 1.49. The van der Waals surface area contributed by atoms with Crippen molar-refractivity contribution < 1.29 is 1.43 Å². The van der Waals surface area contributed by atoms with Crippen LogP contribution in [0.15, 0.2) is 0 Å². The van der Waals surface area contributed by atoms with E-state index in [-0.39, 0.29) is 24.5 Å². The molecule has 0 saturated carbocycles. The Morgan fingerprint density at radius 3 is 1.20 bits per heavy atom. The zero-order valence-corrected chi connectivity index (χ0v) is 5.62. The smallest absolute Gasteiger partial charge is 0 e. The highest BCUT2D eigenvalue weighted by atomic mass is 24.3. The van der Waals surface area contributed by atoms with Crippen LogP contribution in [-0.4, -0.2) is 23.1 Å². The Kier molecular flexibility index (Phi) is 8.80. The van der Waals surface area contributed by atoms with Crippen molar-refractivity contribution in [2.75, 3.05) is 0 Å². The second-order valence-electron chi connectivity index (χ2n) is 1.50. The molecule has 0 spiro atoms. The Morgan fingerprint density at radius 1 is 1.20 bits per heavy atom. The molecule has 0 nitrogen and oxygen atoms in total. The monoisotopic (exact) mass is 83.1 g/mol. The summed E-state index contributed by atoms with van der Waals surface area (Å²) in [6, 6.07) is 0. The van der Waals surface area contributed by atoms with Crippen LogP contribution in [0, 0.1) is 5.92 Å². The largest absolute Gasteiger partial charge is 0.0597 e. The Morgan fingerprint density at radius 2 is 1.20 bits per heavy atom. The fourth-order valence-corrected chi connectivity index (χ4v) is 0. The van der Waals surface area contributed by atoms with E-state index in [0.29, 0.717) is 0 Å². The fourth-order valence-electron chi connectivity index (χ4n) is 0. The molecule has 0 unspecified atom stereocenters. The third kappa shape index (κ3) is 62.1. The van der Waals surface area contributed by atoms with Crippen molar-refractivity contribution in [3.8, 4) is 0 Å². The van der Waals surface area contributed by atoms with Gasteiger partial charge in [-0.25, -0.2) is 0 Å². The molecule has 0 aliphatic heterocycles. The molecule has 0 aromatic rings. The van der Waals surface area contributed by atoms with Crippen LogP contribution >= 0.6 is 0 Å². The average molecular weight is 83.4 g/mol. The minimum absolute atomic E-state index is 0. The summed E-state index contributed by atoms with van der Waals surface area (Å²) in [4.78, 5) is 0. The summed E-state index contributed by atoms with van der Waals surface area (Å²) in [6.45, 7) is 6.25. The van der Waals surface area contributed by atoms with Crippen LogP contribution in [0.3, 0.4) is 0 Å². The molecular formula is C4H11Mg. The van der Waals surface area contributed by atoms with Crippen molar-refractivity contribution >= 4 is 23.1 Å². The predicted molar refractivity (Wildman–Crippen MR) is 28.1 cm³/mol. The van der Waals surface area contributed by atoms with Gasteiger partial charge in [0.05, 0.1) is 0 Å². The van der Waals surface area contributed by atoms with Crippen molar-refractivity contribution in [2.24, 2.45) is 0 Å². The van der Waals surface area contributed by atoms with E-state index in [4.69, 9.17) is 0 Å². The molecule has 0 fully saturated rings. The fraction of sp³-hybridized carbons (Fsp3) is 0.750. The molecule has 3 radical (unpaired) electrons. The van der Waals surface area contributed by atoms with Crippen molar-refractivity contribution in [3.63, 3.8) is 0 Å². The maximum atomic E-state index is 2.08. The molecular weight excluding hydrogens is 72.3 g/mol. The highest BCUT2D eigenvalue weighted by Crippen LogP contribution is 1.85.